The van der Waals surface area contributed by atoms with Crippen molar-refractivity contribution in [3.63, 3.8) is 0 Å². The Hall–Kier alpha value is -5.54. The van der Waals surface area contributed by atoms with Crippen molar-refractivity contribution in [2.24, 2.45) is 0 Å². The van der Waals surface area contributed by atoms with Crippen LogP contribution in [0.5, 0.6) is 0 Å². The molecule has 0 atom stereocenters. The highest BCUT2D eigenvalue weighted by atomic mass is 15.1. The van der Waals surface area contributed by atoms with Crippen LogP contribution in [0, 0.1) is 20.8 Å². The summed E-state index contributed by atoms with van der Waals surface area (Å²) in [6.07, 6.45) is 0. The van der Waals surface area contributed by atoms with E-state index in [0.717, 1.165) is 0 Å². The lowest BCUT2D eigenvalue weighted by atomic mass is 9.43. The first-order chi connectivity index (χ1) is 23.8. The molecule has 0 saturated carbocycles. The number of fused-ring (bicyclic) bond motifs is 14. The number of benzene rings is 7. The van der Waals surface area contributed by atoms with Gasteiger partial charge < -0.3 is 9.38 Å². The van der Waals surface area contributed by atoms with Crippen molar-refractivity contribution in [2.75, 3.05) is 4.81 Å². The maximum Gasteiger partial charge on any atom is 0.333 e. The second kappa shape index (κ2) is 9.12. The molecule has 3 heterocycles. The average molecular weight is 627 g/mol. The van der Waals surface area contributed by atoms with Crippen LogP contribution in [0.2, 0.25) is 0 Å². The third kappa shape index (κ3) is 3.29. The molecule has 1 aromatic heterocycles. The minimum atomic E-state index is -0.0887. The normalized spacial score (nSPS) is 14.7. The summed E-state index contributed by atoms with van der Waals surface area (Å²) in [5.74, 6) is 0. The van der Waals surface area contributed by atoms with E-state index >= 15 is 0 Å². The first-order valence-corrected chi connectivity index (χ1v) is 17.6. The molecule has 3 aliphatic rings. The summed E-state index contributed by atoms with van der Waals surface area (Å²) in [4.78, 5) is 2.71. The predicted octanol–water partition coefficient (Wildman–Crippen LogP) is 10.4. The molecule has 11 rings (SSSR count). The van der Waals surface area contributed by atoms with E-state index in [0.29, 0.717) is 0 Å². The molecule has 7 aromatic carbocycles. The monoisotopic (exact) mass is 626 g/mol. The van der Waals surface area contributed by atoms with Crippen molar-refractivity contribution in [3.8, 4) is 27.9 Å². The molecule has 0 fully saturated rings. The zero-order chi connectivity index (χ0) is 32.9. The summed E-state index contributed by atoms with van der Waals surface area (Å²) in [6, 6.07) is 46.4. The van der Waals surface area contributed by atoms with Crippen LogP contribution >= 0.6 is 0 Å². The van der Waals surface area contributed by atoms with Gasteiger partial charge in [-0.25, -0.2) is 0 Å². The van der Waals surface area contributed by atoms with Crippen LogP contribution in [-0.4, -0.2) is 11.4 Å². The molecular weight excluding hydrogens is 591 g/mol. The standard InChI is InChI=1S/C46H35BN2/c1-26-14-18-30(19-15-26)49-44-32(21-22-37-41(44)33-12-8-9-13-36(33)46(37,4)5)35-25-28(3)40-34-20-17-29-10-6-7-11-31(29)43(34)48-39-23-16-27(2)24-38(39)47(49)42(35)45(40)48/h6-25H,1-5H3. The van der Waals surface area contributed by atoms with Gasteiger partial charge in [-0.1, -0.05) is 128 Å². The largest absolute Gasteiger partial charge is 0.376 e. The predicted molar refractivity (Wildman–Crippen MR) is 209 cm³/mol. The van der Waals surface area contributed by atoms with Crippen molar-refractivity contribution < 1.29 is 0 Å². The SMILES string of the molecule is Cc1ccc(N2B3c4cc(C)ccc4-n4c5c3c(cc(C)c5c3ccc5ccccc5c34)-c3ccc4c(c32)-c2ccccc2C4(C)C)cc1. The molecule has 3 heteroatoms. The smallest absolute Gasteiger partial charge is 0.333 e. The maximum absolute atomic E-state index is 2.71. The Balaban J connectivity index is 1.39. The van der Waals surface area contributed by atoms with Crippen LogP contribution in [0.1, 0.15) is 41.7 Å². The molecule has 232 valence electrons. The van der Waals surface area contributed by atoms with Gasteiger partial charge in [-0.05, 0) is 83.1 Å². The Morgan fingerprint density at radius 3 is 2.22 bits per heavy atom. The van der Waals surface area contributed by atoms with Crippen molar-refractivity contribution >= 4 is 61.7 Å². The Morgan fingerprint density at radius 2 is 1.37 bits per heavy atom. The Morgan fingerprint density at radius 1 is 0.592 bits per heavy atom. The highest BCUT2D eigenvalue weighted by Crippen LogP contribution is 2.57. The first-order valence-electron chi connectivity index (χ1n) is 17.6. The van der Waals surface area contributed by atoms with Gasteiger partial charge >= 0.3 is 6.85 Å². The molecule has 0 N–H and O–H groups in total. The van der Waals surface area contributed by atoms with Crippen LogP contribution in [0.3, 0.4) is 0 Å². The second-order valence-corrected chi connectivity index (χ2v) is 15.1. The van der Waals surface area contributed by atoms with E-state index in [4.69, 9.17) is 0 Å². The van der Waals surface area contributed by atoms with Gasteiger partial charge in [-0.2, -0.15) is 0 Å². The van der Waals surface area contributed by atoms with Crippen LogP contribution in [0.15, 0.2) is 121 Å². The van der Waals surface area contributed by atoms with E-state index in [-0.39, 0.29) is 12.3 Å². The lowest BCUT2D eigenvalue weighted by molar-refractivity contribution is 0.660. The fourth-order valence-corrected chi connectivity index (χ4v) is 9.81. The van der Waals surface area contributed by atoms with Crippen molar-refractivity contribution in [3.05, 3.63) is 149 Å². The fourth-order valence-electron chi connectivity index (χ4n) is 9.81. The summed E-state index contributed by atoms with van der Waals surface area (Å²) in [5.41, 5.74) is 21.3. The zero-order valence-electron chi connectivity index (χ0n) is 28.5. The molecule has 0 saturated heterocycles. The highest BCUT2D eigenvalue weighted by Gasteiger charge is 2.47. The number of aromatic nitrogens is 1. The van der Waals surface area contributed by atoms with Gasteiger partial charge in [0.15, 0.2) is 0 Å². The van der Waals surface area contributed by atoms with E-state index in [2.05, 4.69) is 165 Å². The lowest BCUT2D eigenvalue weighted by Gasteiger charge is -2.43. The lowest BCUT2D eigenvalue weighted by Crippen LogP contribution is -2.60. The molecule has 49 heavy (non-hydrogen) atoms. The molecule has 1 aliphatic carbocycles. The van der Waals surface area contributed by atoms with Crippen molar-refractivity contribution in [2.45, 2.75) is 40.0 Å². The number of rotatable bonds is 1. The fraction of sp³-hybridized carbons (Fsp3) is 0.130. The van der Waals surface area contributed by atoms with Gasteiger partial charge in [0.25, 0.3) is 0 Å². The topological polar surface area (TPSA) is 8.17 Å². The van der Waals surface area contributed by atoms with E-state index in [1.807, 2.05) is 0 Å². The molecule has 0 spiro atoms. The molecule has 8 aromatic rings. The Labute approximate surface area is 287 Å². The van der Waals surface area contributed by atoms with Crippen LogP contribution in [0.25, 0.3) is 60.5 Å². The summed E-state index contributed by atoms with van der Waals surface area (Å²) in [7, 11) is 0. The number of aryl methyl sites for hydroxylation is 3. The van der Waals surface area contributed by atoms with E-state index in [1.54, 1.807) is 0 Å². The Kier molecular flexibility index (Phi) is 5.10. The van der Waals surface area contributed by atoms with Gasteiger partial charge in [0.05, 0.1) is 11.0 Å². The number of anilines is 2. The van der Waals surface area contributed by atoms with Crippen LogP contribution in [0.4, 0.5) is 11.4 Å². The summed E-state index contributed by atoms with van der Waals surface area (Å²) >= 11 is 0. The molecule has 0 amide bonds. The van der Waals surface area contributed by atoms with E-state index in [1.165, 1.54) is 111 Å². The van der Waals surface area contributed by atoms with Gasteiger partial charge in [0.2, 0.25) is 0 Å². The van der Waals surface area contributed by atoms with Gasteiger partial charge in [0.1, 0.15) is 0 Å². The van der Waals surface area contributed by atoms with E-state index in [9.17, 15) is 0 Å². The Bertz CT molecular complexity index is 2780. The minimum Gasteiger partial charge on any atom is -0.376 e. The highest BCUT2D eigenvalue weighted by molar-refractivity contribution is 6.94. The number of nitrogens with zero attached hydrogens (tertiary/aromatic N) is 2. The average Bonchev–Trinajstić information content (AvgIpc) is 3.59. The second-order valence-electron chi connectivity index (χ2n) is 15.1. The van der Waals surface area contributed by atoms with Gasteiger partial charge in [0, 0.05) is 49.8 Å². The zero-order valence-corrected chi connectivity index (χ0v) is 28.5. The third-order valence-electron chi connectivity index (χ3n) is 12.0. The van der Waals surface area contributed by atoms with Crippen LogP contribution in [-0.2, 0) is 5.41 Å². The molecule has 0 unspecified atom stereocenters. The minimum absolute atomic E-state index is 0.00802. The van der Waals surface area contributed by atoms with Gasteiger partial charge in [-0.3, -0.25) is 0 Å². The molecular formula is C46H35BN2. The van der Waals surface area contributed by atoms with Crippen LogP contribution < -0.4 is 15.7 Å². The summed E-state index contributed by atoms with van der Waals surface area (Å²) < 4.78 is 2.62. The number of hydrogen-bond acceptors (Lipinski definition) is 1. The maximum atomic E-state index is 2.71. The molecule has 0 bridgehead atoms. The quantitative estimate of drug-likeness (QED) is 0.165. The summed E-state index contributed by atoms with van der Waals surface area (Å²) in [5, 5.41) is 5.28. The van der Waals surface area contributed by atoms with Crippen molar-refractivity contribution in [1.29, 1.82) is 0 Å². The van der Waals surface area contributed by atoms with E-state index < -0.39 is 0 Å². The molecule has 2 aliphatic heterocycles. The summed E-state index contributed by atoms with van der Waals surface area (Å²) in [6.45, 7) is 11.6. The van der Waals surface area contributed by atoms with Crippen molar-refractivity contribution in [1.82, 2.24) is 4.57 Å². The molecule has 2 nitrogen and oxygen atoms in total. The number of hydrogen-bond donors (Lipinski definition) is 0. The van der Waals surface area contributed by atoms with Gasteiger partial charge in [-0.15, -0.1) is 0 Å². The molecule has 0 radical (unpaired) electrons. The first kappa shape index (κ1) is 27.4. The third-order valence-corrected chi connectivity index (χ3v) is 12.0.